The number of hydrogen-bond donors (Lipinski definition) is 0. The molecule has 1 amide bonds. The standard InChI is InChI=1S/C29H31N3O2/c1-21(2)20-25(22-14-8-5-9-15-22)31(3)28(33)26-27(23-16-10-6-11-17-23)30-32(29(26)34-4)24-18-12-7-13-19-24/h5-19,21,25H,20H2,1-4H3. The van der Waals surface area contributed by atoms with E-state index in [2.05, 4.69) is 26.0 Å². The second-order valence-corrected chi connectivity index (χ2v) is 8.82. The van der Waals surface area contributed by atoms with Gasteiger partial charge in [0, 0.05) is 12.6 Å². The van der Waals surface area contributed by atoms with Crippen molar-refractivity contribution in [3.05, 3.63) is 102 Å². The molecule has 0 aliphatic carbocycles. The summed E-state index contributed by atoms with van der Waals surface area (Å²) in [7, 11) is 3.46. The van der Waals surface area contributed by atoms with Crippen LogP contribution in [0.5, 0.6) is 5.88 Å². The Morgan fingerprint density at radius 3 is 2.03 bits per heavy atom. The van der Waals surface area contributed by atoms with Crippen molar-refractivity contribution in [2.24, 2.45) is 5.92 Å². The summed E-state index contributed by atoms with van der Waals surface area (Å²) in [6.45, 7) is 4.36. The van der Waals surface area contributed by atoms with E-state index in [9.17, 15) is 4.79 Å². The Labute approximate surface area is 201 Å². The maximum absolute atomic E-state index is 14.2. The Hall–Kier alpha value is -3.86. The van der Waals surface area contributed by atoms with E-state index in [1.165, 1.54) is 0 Å². The lowest BCUT2D eigenvalue weighted by molar-refractivity contribution is 0.0709. The first-order valence-electron chi connectivity index (χ1n) is 11.6. The quantitative estimate of drug-likeness (QED) is 0.310. The predicted molar refractivity (Wildman–Crippen MR) is 136 cm³/mol. The lowest BCUT2D eigenvalue weighted by atomic mass is 9.95. The SMILES string of the molecule is COc1c(C(=O)N(C)C(CC(C)C)c2ccccc2)c(-c2ccccc2)nn1-c1ccccc1. The zero-order chi connectivity index (χ0) is 24.1. The number of para-hydroxylation sites is 1. The number of carbonyl (C=O) groups excluding carboxylic acids is 1. The monoisotopic (exact) mass is 453 g/mol. The molecule has 0 fully saturated rings. The second kappa shape index (κ2) is 10.4. The van der Waals surface area contributed by atoms with Gasteiger partial charge in [0.05, 0.1) is 18.8 Å². The van der Waals surface area contributed by atoms with Crippen LogP contribution in [0.15, 0.2) is 91.0 Å². The van der Waals surface area contributed by atoms with E-state index in [1.54, 1.807) is 11.8 Å². The molecule has 0 aliphatic rings. The van der Waals surface area contributed by atoms with Crippen LogP contribution in [0.1, 0.15) is 42.2 Å². The summed E-state index contributed by atoms with van der Waals surface area (Å²) in [6, 6.07) is 29.7. The van der Waals surface area contributed by atoms with Gasteiger partial charge in [0.15, 0.2) is 0 Å². The van der Waals surface area contributed by atoms with Crippen molar-refractivity contribution in [3.8, 4) is 22.8 Å². The third-order valence-corrected chi connectivity index (χ3v) is 5.97. The van der Waals surface area contributed by atoms with E-state index >= 15 is 0 Å². The van der Waals surface area contributed by atoms with Crippen LogP contribution >= 0.6 is 0 Å². The van der Waals surface area contributed by atoms with Gasteiger partial charge in [-0.25, -0.2) is 0 Å². The van der Waals surface area contributed by atoms with Crippen molar-refractivity contribution in [1.82, 2.24) is 14.7 Å². The molecule has 0 N–H and O–H groups in total. The molecular formula is C29H31N3O2. The molecule has 0 saturated carbocycles. The lowest BCUT2D eigenvalue weighted by Crippen LogP contribution is -2.32. The van der Waals surface area contributed by atoms with Gasteiger partial charge in [0.2, 0.25) is 5.88 Å². The van der Waals surface area contributed by atoms with Gasteiger partial charge in [-0.2, -0.15) is 9.78 Å². The molecule has 0 saturated heterocycles. The highest BCUT2D eigenvalue weighted by molar-refractivity contribution is 6.02. The zero-order valence-corrected chi connectivity index (χ0v) is 20.2. The van der Waals surface area contributed by atoms with Crippen LogP contribution in [0.2, 0.25) is 0 Å². The summed E-state index contributed by atoms with van der Waals surface area (Å²) in [6.07, 6.45) is 0.849. The number of nitrogens with zero attached hydrogens (tertiary/aromatic N) is 3. The third-order valence-electron chi connectivity index (χ3n) is 5.97. The van der Waals surface area contributed by atoms with Crippen molar-refractivity contribution in [2.45, 2.75) is 26.3 Å². The molecule has 0 bridgehead atoms. The molecule has 0 radical (unpaired) electrons. The highest BCUT2D eigenvalue weighted by atomic mass is 16.5. The molecule has 5 heteroatoms. The third kappa shape index (κ3) is 4.74. The Morgan fingerprint density at radius 2 is 1.47 bits per heavy atom. The number of hydrogen-bond acceptors (Lipinski definition) is 3. The van der Waals surface area contributed by atoms with E-state index < -0.39 is 0 Å². The minimum Gasteiger partial charge on any atom is -0.480 e. The maximum Gasteiger partial charge on any atom is 0.261 e. The highest BCUT2D eigenvalue weighted by Gasteiger charge is 2.32. The first-order valence-corrected chi connectivity index (χ1v) is 11.6. The van der Waals surface area contributed by atoms with Gasteiger partial charge in [-0.3, -0.25) is 4.79 Å². The second-order valence-electron chi connectivity index (χ2n) is 8.82. The highest BCUT2D eigenvalue weighted by Crippen LogP contribution is 2.36. The molecule has 1 unspecified atom stereocenters. The van der Waals surface area contributed by atoms with Crippen LogP contribution < -0.4 is 4.74 Å². The topological polar surface area (TPSA) is 47.4 Å². The molecule has 4 aromatic rings. The summed E-state index contributed by atoms with van der Waals surface area (Å²) < 4.78 is 7.54. The van der Waals surface area contributed by atoms with E-state index in [0.29, 0.717) is 23.1 Å². The van der Waals surface area contributed by atoms with E-state index in [1.807, 2.05) is 90.8 Å². The molecule has 0 aliphatic heterocycles. The van der Waals surface area contributed by atoms with Gasteiger partial charge in [-0.05, 0) is 30.0 Å². The number of carbonyl (C=O) groups is 1. The zero-order valence-electron chi connectivity index (χ0n) is 20.2. The maximum atomic E-state index is 14.2. The van der Waals surface area contributed by atoms with E-state index in [0.717, 1.165) is 23.2 Å². The summed E-state index contributed by atoms with van der Waals surface area (Å²) in [5, 5.41) is 4.86. The van der Waals surface area contributed by atoms with Crippen molar-refractivity contribution >= 4 is 5.91 Å². The molecule has 34 heavy (non-hydrogen) atoms. The Bertz CT molecular complexity index is 1220. The molecule has 1 heterocycles. The van der Waals surface area contributed by atoms with Crippen LogP contribution in [0.3, 0.4) is 0 Å². The molecule has 1 aromatic heterocycles. The number of amides is 1. The minimum absolute atomic E-state index is 0.0675. The largest absolute Gasteiger partial charge is 0.480 e. The summed E-state index contributed by atoms with van der Waals surface area (Å²) in [4.78, 5) is 16.0. The predicted octanol–water partition coefficient (Wildman–Crippen LogP) is 6.41. The molecule has 4 rings (SSSR count). The van der Waals surface area contributed by atoms with Gasteiger partial charge >= 0.3 is 0 Å². The van der Waals surface area contributed by atoms with Crippen molar-refractivity contribution < 1.29 is 9.53 Å². The van der Waals surface area contributed by atoms with Gasteiger partial charge in [-0.15, -0.1) is 0 Å². The van der Waals surface area contributed by atoms with E-state index in [4.69, 9.17) is 9.84 Å². The average Bonchev–Trinajstić information content (AvgIpc) is 3.27. The van der Waals surface area contributed by atoms with Crippen molar-refractivity contribution in [1.29, 1.82) is 0 Å². The van der Waals surface area contributed by atoms with Crippen LogP contribution in [0, 0.1) is 5.92 Å². The first-order chi connectivity index (χ1) is 16.5. The Kier molecular flexibility index (Phi) is 7.12. The van der Waals surface area contributed by atoms with Crippen LogP contribution in [-0.4, -0.2) is 34.7 Å². The van der Waals surface area contributed by atoms with Crippen LogP contribution in [-0.2, 0) is 0 Å². The summed E-state index contributed by atoms with van der Waals surface area (Å²) in [5.41, 5.74) is 3.88. The number of methoxy groups -OCH3 is 1. The Balaban J connectivity index is 1.86. The average molecular weight is 454 g/mol. The van der Waals surface area contributed by atoms with Gasteiger partial charge in [0.25, 0.3) is 5.91 Å². The lowest BCUT2D eigenvalue weighted by Gasteiger charge is -2.30. The van der Waals surface area contributed by atoms with E-state index in [-0.39, 0.29) is 11.9 Å². The van der Waals surface area contributed by atoms with Gasteiger partial charge in [0.1, 0.15) is 11.3 Å². The molecule has 1 atom stereocenters. The van der Waals surface area contributed by atoms with Crippen LogP contribution in [0.4, 0.5) is 0 Å². The first kappa shape index (κ1) is 23.3. The smallest absolute Gasteiger partial charge is 0.261 e. The normalized spacial score (nSPS) is 11.9. The minimum atomic E-state index is -0.118. The summed E-state index contributed by atoms with van der Waals surface area (Å²) >= 11 is 0. The Morgan fingerprint density at radius 1 is 0.912 bits per heavy atom. The number of rotatable bonds is 8. The van der Waals surface area contributed by atoms with Gasteiger partial charge in [-0.1, -0.05) is 92.7 Å². The number of aromatic nitrogens is 2. The molecular weight excluding hydrogens is 422 g/mol. The van der Waals surface area contributed by atoms with Crippen molar-refractivity contribution in [3.63, 3.8) is 0 Å². The van der Waals surface area contributed by atoms with Crippen molar-refractivity contribution in [2.75, 3.05) is 14.2 Å². The fraction of sp³-hybridized carbons (Fsp3) is 0.241. The molecule has 174 valence electrons. The molecule has 0 spiro atoms. The fourth-order valence-electron chi connectivity index (χ4n) is 4.28. The van der Waals surface area contributed by atoms with Gasteiger partial charge < -0.3 is 9.64 Å². The fourth-order valence-corrected chi connectivity index (χ4v) is 4.28. The number of benzene rings is 3. The summed E-state index contributed by atoms with van der Waals surface area (Å²) in [5.74, 6) is 0.730. The van der Waals surface area contributed by atoms with Crippen LogP contribution in [0.25, 0.3) is 16.9 Å². The molecule has 3 aromatic carbocycles. The molecule has 5 nitrogen and oxygen atoms in total. The number of ether oxygens (including phenoxy) is 1.